The number of carbonyl (C=O) groups excluding carboxylic acids is 1. The second kappa shape index (κ2) is 8.17. The minimum Gasteiger partial charge on any atom is -0.497 e. The Labute approximate surface area is 165 Å². The molecule has 2 amide bonds. The average molecular weight is 372 g/mol. The normalized spacial score (nSPS) is 16.0. The molecule has 3 aromatic rings. The van der Waals surface area contributed by atoms with E-state index < -0.39 is 0 Å². The molecule has 1 saturated heterocycles. The third-order valence-corrected chi connectivity index (χ3v) is 5.26. The van der Waals surface area contributed by atoms with Gasteiger partial charge >= 0.3 is 6.03 Å². The lowest BCUT2D eigenvalue weighted by Gasteiger charge is -2.25. The number of rotatable bonds is 4. The second-order valence-electron chi connectivity index (χ2n) is 7.00. The average Bonchev–Trinajstić information content (AvgIpc) is 3.25. The van der Waals surface area contributed by atoms with Gasteiger partial charge in [-0.25, -0.2) is 4.79 Å². The fraction of sp³-hybridized carbons (Fsp3) is 0.208. The zero-order valence-corrected chi connectivity index (χ0v) is 16.0. The fourth-order valence-corrected chi connectivity index (χ4v) is 3.75. The van der Waals surface area contributed by atoms with Crippen molar-refractivity contribution < 1.29 is 9.53 Å². The monoisotopic (exact) mass is 372 g/mol. The number of nitrogens with one attached hydrogen (secondary N) is 1. The van der Waals surface area contributed by atoms with E-state index in [4.69, 9.17) is 4.74 Å². The van der Waals surface area contributed by atoms with E-state index in [0.717, 1.165) is 42.0 Å². The van der Waals surface area contributed by atoms with Crippen molar-refractivity contribution in [3.05, 3.63) is 84.4 Å². The van der Waals surface area contributed by atoms with Crippen molar-refractivity contribution >= 4 is 11.7 Å². The van der Waals surface area contributed by atoms with E-state index in [1.165, 1.54) is 5.56 Å². The molecule has 4 nitrogen and oxygen atoms in total. The van der Waals surface area contributed by atoms with Gasteiger partial charge in [-0.3, -0.25) is 0 Å². The quantitative estimate of drug-likeness (QED) is 0.635. The molecule has 1 atom stereocenters. The van der Waals surface area contributed by atoms with Crippen LogP contribution in [0.15, 0.2) is 78.9 Å². The number of hydrogen-bond donors (Lipinski definition) is 1. The molecular formula is C24H24N2O2. The van der Waals surface area contributed by atoms with Gasteiger partial charge < -0.3 is 15.0 Å². The molecule has 0 bridgehead atoms. The minimum atomic E-state index is -0.0502. The maximum Gasteiger partial charge on any atom is 0.322 e. The Balaban J connectivity index is 1.45. The zero-order chi connectivity index (χ0) is 19.3. The number of methoxy groups -OCH3 is 1. The lowest BCUT2D eigenvalue weighted by atomic mass is 10.0. The van der Waals surface area contributed by atoms with E-state index in [2.05, 4.69) is 17.4 Å². The van der Waals surface area contributed by atoms with E-state index >= 15 is 0 Å². The molecule has 4 rings (SSSR count). The highest BCUT2D eigenvalue weighted by molar-refractivity contribution is 5.90. The maximum atomic E-state index is 12.9. The van der Waals surface area contributed by atoms with Gasteiger partial charge in [-0.05, 0) is 53.8 Å². The first kappa shape index (κ1) is 18.1. The van der Waals surface area contributed by atoms with Crippen molar-refractivity contribution in [3.63, 3.8) is 0 Å². The first-order chi connectivity index (χ1) is 13.7. The summed E-state index contributed by atoms with van der Waals surface area (Å²) in [4.78, 5) is 14.8. The molecule has 1 unspecified atom stereocenters. The molecule has 28 heavy (non-hydrogen) atoms. The van der Waals surface area contributed by atoms with Gasteiger partial charge in [-0.1, -0.05) is 54.6 Å². The molecule has 0 aliphatic carbocycles. The van der Waals surface area contributed by atoms with Gasteiger partial charge in [-0.15, -0.1) is 0 Å². The molecule has 3 aromatic carbocycles. The number of amides is 2. The molecule has 1 aliphatic rings. The predicted octanol–water partition coefficient (Wildman–Crippen LogP) is 5.73. The van der Waals surface area contributed by atoms with Crippen LogP contribution in [-0.2, 0) is 0 Å². The summed E-state index contributed by atoms with van der Waals surface area (Å²) in [5, 5.41) is 3.05. The number of carbonyl (C=O) groups is 1. The summed E-state index contributed by atoms with van der Waals surface area (Å²) in [6, 6.07) is 26.3. The highest BCUT2D eigenvalue weighted by Crippen LogP contribution is 2.33. The highest BCUT2D eigenvalue weighted by Gasteiger charge is 2.30. The Morgan fingerprint density at radius 3 is 2.29 bits per heavy atom. The van der Waals surface area contributed by atoms with E-state index in [9.17, 15) is 4.79 Å². The predicted molar refractivity (Wildman–Crippen MR) is 113 cm³/mol. The number of hydrogen-bond acceptors (Lipinski definition) is 2. The van der Waals surface area contributed by atoms with Crippen LogP contribution in [0.2, 0.25) is 0 Å². The SMILES string of the molecule is COc1ccc(C2CCCN2C(=O)Nc2ccc(-c3ccccc3)cc2)cc1. The lowest BCUT2D eigenvalue weighted by Crippen LogP contribution is -2.34. The first-order valence-electron chi connectivity index (χ1n) is 9.61. The number of urea groups is 1. The number of likely N-dealkylation sites (tertiary alicyclic amines) is 1. The van der Waals surface area contributed by atoms with Gasteiger partial charge in [0.15, 0.2) is 0 Å². The fourth-order valence-electron chi connectivity index (χ4n) is 3.75. The smallest absolute Gasteiger partial charge is 0.322 e. The van der Waals surface area contributed by atoms with Crippen LogP contribution in [-0.4, -0.2) is 24.6 Å². The Morgan fingerprint density at radius 2 is 1.61 bits per heavy atom. The van der Waals surface area contributed by atoms with Crippen LogP contribution < -0.4 is 10.1 Å². The van der Waals surface area contributed by atoms with Crippen LogP contribution in [0.1, 0.15) is 24.4 Å². The molecule has 1 aliphatic heterocycles. The topological polar surface area (TPSA) is 41.6 Å². The van der Waals surface area contributed by atoms with E-state index in [1.54, 1.807) is 7.11 Å². The Bertz CT molecular complexity index is 921. The van der Waals surface area contributed by atoms with Crippen LogP contribution >= 0.6 is 0 Å². The second-order valence-corrected chi connectivity index (χ2v) is 7.00. The van der Waals surface area contributed by atoms with E-state index in [0.29, 0.717) is 0 Å². The molecule has 0 saturated carbocycles. The summed E-state index contributed by atoms with van der Waals surface area (Å²) in [7, 11) is 1.66. The van der Waals surface area contributed by atoms with Crippen LogP contribution in [0.3, 0.4) is 0 Å². The van der Waals surface area contributed by atoms with Gasteiger partial charge in [0.2, 0.25) is 0 Å². The number of nitrogens with zero attached hydrogens (tertiary/aromatic N) is 1. The molecule has 142 valence electrons. The molecule has 0 aromatic heterocycles. The van der Waals surface area contributed by atoms with Crippen LogP contribution in [0.4, 0.5) is 10.5 Å². The number of anilines is 1. The standard InChI is InChI=1S/C24H24N2O2/c1-28-22-15-11-20(12-16-22)23-8-5-17-26(23)24(27)25-21-13-9-19(10-14-21)18-6-3-2-4-7-18/h2-4,6-7,9-16,23H,5,8,17H2,1H3,(H,25,27). The van der Waals surface area contributed by atoms with Gasteiger partial charge in [0.05, 0.1) is 13.2 Å². The lowest BCUT2D eigenvalue weighted by molar-refractivity contribution is 0.207. The molecule has 0 spiro atoms. The van der Waals surface area contributed by atoms with Crippen molar-refractivity contribution in [3.8, 4) is 16.9 Å². The Morgan fingerprint density at radius 1 is 0.929 bits per heavy atom. The Kier molecular flexibility index (Phi) is 5.29. The first-order valence-corrected chi connectivity index (χ1v) is 9.61. The van der Waals surface area contributed by atoms with Gasteiger partial charge in [0.1, 0.15) is 5.75 Å². The zero-order valence-electron chi connectivity index (χ0n) is 16.0. The molecule has 1 N–H and O–H groups in total. The molecule has 1 fully saturated rings. The van der Waals surface area contributed by atoms with Gasteiger partial charge in [0.25, 0.3) is 0 Å². The minimum absolute atomic E-state index is 0.0502. The summed E-state index contributed by atoms with van der Waals surface area (Å²) in [5.41, 5.74) is 4.26. The number of ether oxygens (including phenoxy) is 1. The van der Waals surface area contributed by atoms with Crippen molar-refractivity contribution in [1.29, 1.82) is 0 Å². The maximum absolute atomic E-state index is 12.9. The molecule has 4 heteroatoms. The van der Waals surface area contributed by atoms with Crippen molar-refractivity contribution in [1.82, 2.24) is 4.90 Å². The summed E-state index contributed by atoms with van der Waals surface area (Å²) in [6.07, 6.45) is 1.99. The van der Waals surface area contributed by atoms with Crippen LogP contribution in [0.5, 0.6) is 5.75 Å². The summed E-state index contributed by atoms with van der Waals surface area (Å²) in [5.74, 6) is 0.830. The largest absolute Gasteiger partial charge is 0.497 e. The third-order valence-electron chi connectivity index (χ3n) is 5.26. The van der Waals surface area contributed by atoms with E-state index in [-0.39, 0.29) is 12.1 Å². The summed E-state index contributed by atoms with van der Waals surface area (Å²) < 4.78 is 5.23. The summed E-state index contributed by atoms with van der Waals surface area (Å²) >= 11 is 0. The van der Waals surface area contributed by atoms with E-state index in [1.807, 2.05) is 71.6 Å². The molecular weight excluding hydrogens is 348 g/mol. The third kappa shape index (κ3) is 3.86. The van der Waals surface area contributed by atoms with Crippen molar-refractivity contribution in [2.45, 2.75) is 18.9 Å². The highest BCUT2D eigenvalue weighted by atomic mass is 16.5. The molecule has 1 heterocycles. The van der Waals surface area contributed by atoms with Crippen molar-refractivity contribution in [2.24, 2.45) is 0 Å². The van der Waals surface area contributed by atoms with Crippen LogP contribution in [0, 0.1) is 0 Å². The molecule has 0 radical (unpaired) electrons. The number of benzene rings is 3. The Hall–Kier alpha value is -3.27. The van der Waals surface area contributed by atoms with Crippen molar-refractivity contribution in [2.75, 3.05) is 19.0 Å². The van der Waals surface area contributed by atoms with Gasteiger partial charge in [-0.2, -0.15) is 0 Å². The summed E-state index contributed by atoms with van der Waals surface area (Å²) in [6.45, 7) is 0.768. The van der Waals surface area contributed by atoms with Crippen LogP contribution in [0.25, 0.3) is 11.1 Å². The van der Waals surface area contributed by atoms with Gasteiger partial charge in [0, 0.05) is 12.2 Å².